The van der Waals surface area contributed by atoms with Gasteiger partial charge in [-0.15, -0.1) is 0 Å². The molecule has 0 atom stereocenters. The molecule has 3 aromatic rings. The monoisotopic (exact) mass is 414 g/mol. The van der Waals surface area contributed by atoms with Crippen molar-refractivity contribution in [2.45, 2.75) is 6.42 Å². The number of benzene rings is 3. The number of hydrogen-bond acceptors (Lipinski definition) is 3. The molecule has 0 bridgehead atoms. The minimum atomic E-state index is -0.0543. The van der Waals surface area contributed by atoms with E-state index in [1.54, 1.807) is 9.80 Å². The van der Waals surface area contributed by atoms with E-state index in [1.807, 2.05) is 72.8 Å². The van der Waals surface area contributed by atoms with Crippen molar-refractivity contribution in [2.24, 2.45) is 0 Å². The zero-order valence-corrected chi connectivity index (χ0v) is 17.4. The first-order chi connectivity index (χ1) is 15.2. The molecule has 1 fully saturated rings. The van der Waals surface area contributed by atoms with Crippen LogP contribution >= 0.6 is 0 Å². The van der Waals surface area contributed by atoms with Crippen LogP contribution in [0.3, 0.4) is 0 Å². The van der Waals surface area contributed by atoms with Crippen LogP contribution in [0.15, 0.2) is 84.9 Å². The minimum absolute atomic E-state index is 0.00155. The van der Waals surface area contributed by atoms with Gasteiger partial charge in [0, 0.05) is 38.2 Å². The molecular weight excluding hydrogens is 388 g/mol. The largest absolute Gasteiger partial charge is 0.483 e. The van der Waals surface area contributed by atoms with Crippen molar-refractivity contribution in [1.82, 2.24) is 9.80 Å². The van der Waals surface area contributed by atoms with Crippen molar-refractivity contribution in [3.63, 3.8) is 0 Å². The Morgan fingerprint density at radius 1 is 0.710 bits per heavy atom. The third kappa shape index (κ3) is 5.31. The molecule has 158 valence electrons. The maximum atomic E-state index is 12.7. The van der Waals surface area contributed by atoms with E-state index in [4.69, 9.17) is 4.74 Å². The SMILES string of the molecule is O=C(COc1ccccc1Cc1ccccc1)N1CCN(C(=O)c2ccccc2)CC1. The summed E-state index contributed by atoms with van der Waals surface area (Å²) in [6, 6.07) is 27.3. The Balaban J connectivity index is 1.30. The van der Waals surface area contributed by atoms with E-state index < -0.39 is 0 Å². The molecule has 0 aliphatic carbocycles. The van der Waals surface area contributed by atoms with Crippen LogP contribution in [0.5, 0.6) is 5.75 Å². The molecule has 0 saturated carbocycles. The molecule has 31 heavy (non-hydrogen) atoms. The molecule has 3 aromatic carbocycles. The van der Waals surface area contributed by atoms with Gasteiger partial charge < -0.3 is 14.5 Å². The summed E-state index contributed by atoms with van der Waals surface area (Å²) in [6.07, 6.45) is 0.755. The van der Waals surface area contributed by atoms with Gasteiger partial charge in [0.2, 0.25) is 0 Å². The highest BCUT2D eigenvalue weighted by atomic mass is 16.5. The molecule has 2 amide bonds. The Kier molecular flexibility index (Phi) is 6.62. The van der Waals surface area contributed by atoms with E-state index in [0.29, 0.717) is 31.7 Å². The van der Waals surface area contributed by atoms with Gasteiger partial charge in [-0.05, 0) is 29.3 Å². The van der Waals surface area contributed by atoms with Crippen LogP contribution in [-0.4, -0.2) is 54.4 Å². The van der Waals surface area contributed by atoms with Gasteiger partial charge in [-0.25, -0.2) is 0 Å². The highest BCUT2D eigenvalue weighted by Crippen LogP contribution is 2.21. The summed E-state index contributed by atoms with van der Waals surface area (Å²) in [5.41, 5.74) is 2.93. The van der Waals surface area contributed by atoms with E-state index in [2.05, 4.69) is 12.1 Å². The van der Waals surface area contributed by atoms with Gasteiger partial charge in [-0.2, -0.15) is 0 Å². The summed E-state index contributed by atoms with van der Waals surface area (Å²) >= 11 is 0. The van der Waals surface area contributed by atoms with Gasteiger partial charge in [0.1, 0.15) is 5.75 Å². The fourth-order valence-electron chi connectivity index (χ4n) is 3.76. The summed E-state index contributed by atoms with van der Waals surface area (Å²) in [5, 5.41) is 0. The van der Waals surface area contributed by atoms with Crippen molar-refractivity contribution in [2.75, 3.05) is 32.8 Å². The van der Waals surface area contributed by atoms with Crippen molar-refractivity contribution in [3.8, 4) is 5.75 Å². The van der Waals surface area contributed by atoms with Crippen molar-refractivity contribution in [3.05, 3.63) is 102 Å². The molecule has 0 unspecified atom stereocenters. The van der Waals surface area contributed by atoms with Crippen LogP contribution in [0.2, 0.25) is 0 Å². The van der Waals surface area contributed by atoms with Gasteiger partial charge >= 0.3 is 0 Å². The molecule has 1 aliphatic heterocycles. The topological polar surface area (TPSA) is 49.9 Å². The molecule has 0 spiro atoms. The van der Waals surface area contributed by atoms with Crippen LogP contribution in [0, 0.1) is 0 Å². The second-order valence-electron chi connectivity index (χ2n) is 7.60. The molecule has 4 rings (SSSR count). The number of carbonyl (C=O) groups is 2. The molecule has 1 saturated heterocycles. The quantitative estimate of drug-likeness (QED) is 0.619. The smallest absolute Gasteiger partial charge is 0.260 e. The average molecular weight is 415 g/mol. The molecule has 0 radical (unpaired) electrons. The lowest BCUT2D eigenvalue weighted by molar-refractivity contribution is -0.134. The standard InChI is InChI=1S/C26H26N2O3/c29-25(27-15-17-28(18-16-27)26(30)22-11-5-2-6-12-22)20-31-24-14-8-7-13-23(24)19-21-9-3-1-4-10-21/h1-14H,15-20H2. The molecule has 0 aromatic heterocycles. The molecule has 5 heteroatoms. The normalized spacial score (nSPS) is 13.7. The van der Waals surface area contributed by atoms with Crippen molar-refractivity contribution in [1.29, 1.82) is 0 Å². The average Bonchev–Trinajstić information content (AvgIpc) is 2.84. The second-order valence-corrected chi connectivity index (χ2v) is 7.60. The van der Waals surface area contributed by atoms with Gasteiger partial charge in [0.25, 0.3) is 11.8 Å². The molecule has 1 aliphatic rings. The summed E-state index contributed by atoms with van der Waals surface area (Å²) in [5.74, 6) is 0.692. The fraction of sp³-hybridized carbons (Fsp3) is 0.231. The van der Waals surface area contributed by atoms with E-state index in [1.165, 1.54) is 5.56 Å². The highest BCUT2D eigenvalue weighted by molar-refractivity contribution is 5.94. The molecule has 5 nitrogen and oxygen atoms in total. The van der Waals surface area contributed by atoms with Crippen LogP contribution in [0.4, 0.5) is 0 Å². The van der Waals surface area contributed by atoms with E-state index in [9.17, 15) is 9.59 Å². The molecular formula is C26H26N2O3. The Bertz CT molecular complexity index is 1010. The summed E-state index contributed by atoms with van der Waals surface area (Å²) in [7, 11) is 0. The molecule has 0 N–H and O–H groups in total. The first-order valence-corrected chi connectivity index (χ1v) is 10.6. The number of amides is 2. The Labute approximate surface area is 182 Å². The number of carbonyl (C=O) groups excluding carboxylic acids is 2. The van der Waals surface area contributed by atoms with Crippen molar-refractivity contribution < 1.29 is 14.3 Å². The predicted molar refractivity (Wildman–Crippen MR) is 120 cm³/mol. The summed E-state index contributed by atoms with van der Waals surface area (Å²) < 4.78 is 5.90. The number of hydrogen-bond donors (Lipinski definition) is 0. The van der Waals surface area contributed by atoms with Crippen molar-refractivity contribution >= 4 is 11.8 Å². The lowest BCUT2D eigenvalue weighted by Crippen LogP contribution is -2.51. The Morgan fingerprint density at radius 2 is 1.29 bits per heavy atom. The number of para-hydroxylation sites is 1. The Hall–Kier alpha value is -3.60. The van der Waals surface area contributed by atoms with Gasteiger partial charge in [0.15, 0.2) is 6.61 Å². The maximum Gasteiger partial charge on any atom is 0.260 e. The number of ether oxygens (including phenoxy) is 1. The minimum Gasteiger partial charge on any atom is -0.483 e. The predicted octanol–water partition coefficient (Wildman–Crippen LogP) is 3.64. The van der Waals surface area contributed by atoms with Gasteiger partial charge in [-0.1, -0.05) is 66.7 Å². The van der Waals surface area contributed by atoms with Gasteiger partial charge in [0.05, 0.1) is 0 Å². The first kappa shape index (κ1) is 20.7. The van der Waals surface area contributed by atoms with E-state index in [0.717, 1.165) is 17.7 Å². The number of rotatable bonds is 6. The lowest BCUT2D eigenvalue weighted by atomic mass is 10.0. The van der Waals surface area contributed by atoms with Crippen LogP contribution in [-0.2, 0) is 11.2 Å². The third-order valence-corrected chi connectivity index (χ3v) is 5.50. The zero-order chi connectivity index (χ0) is 21.5. The van der Waals surface area contributed by atoms with Crippen LogP contribution < -0.4 is 4.74 Å². The lowest BCUT2D eigenvalue weighted by Gasteiger charge is -2.34. The zero-order valence-electron chi connectivity index (χ0n) is 17.4. The number of piperazine rings is 1. The fourth-order valence-corrected chi connectivity index (χ4v) is 3.76. The van der Waals surface area contributed by atoms with E-state index in [-0.39, 0.29) is 18.4 Å². The van der Waals surface area contributed by atoms with Crippen LogP contribution in [0.25, 0.3) is 0 Å². The Morgan fingerprint density at radius 3 is 2.00 bits per heavy atom. The number of nitrogens with zero attached hydrogens (tertiary/aromatic N) is 2. The van der Waals surface area contributed by atoms with E-state index >= 15 is 0 Å². The van der Waals surface area contributed by atoms with Gasteiger partial charge in [-0.3, -0.25) is 9.59 Å². The first-order valence-electron chi connectivity index (χ1n) is 10.6. The second kappa shape index (κ2) is 9.94. The maximum absolute atomic E-state index is 12.7. The third-order valence-electron chi connectivity index (χ3n) is 5.50. The summed E-state index contributed by atoms with van der Waals surface area (Å²) in [4.78, 5) is 28.8. The highest BCUT2D eigenvalue weighted by Gasteiger charge is 2.25. The van der Waals surface area contributed by atoms with Crippen LogP contribution in [0.1, 0.15) is 21.5 Å². The molecule has 1 heterocycles. The summed E-state index contributed by atoms with van der Waals surface area (Å²) in [6.45, 7) is 2.10.